The topological polar surface area (TPSA) is 26.0 Å². The average Bonchev–Trinajstić information content (AvgIpc) is 2.35. The third-order valence-corrected chi connectivity index (χ3v) is 3.37. The van der Waals surface area contributed by atoms with Crippen LogP contribution in [0.15, 0.2) is 48.5 Å². The van der Waals surface area contributed by atoms with E-state index in [-0.39, 0.29) is 5.82 Å². The number of halogens is 2. The maximum Gasteiger partial charge on any atom is 0.123 e. The molecular formula is C15H15ClFN. The second-order valence-electron chi connectivity index (χ2n) is 4.70. The number of hydrogen-bond donors (Lipinski definition) is 1. The zero-order valence-corrected chi connectivity index (χ0v) is 10.9. The summed E-state index contributed by atoms with van der Waals surface area (Å²) < 4.78 is 13.2. The lowest BCUT2D eigenvalue weighted by Gasteiger charge is -2.26. The molecule has 2 N–H and O–H groups in total. The van der Waals surface area contributed by atoms with E-state index in [1.54, 1.807) is 6.07 Å². The van der Waals surface area contributed by atoms with Crippen LogP contribution >= 0.6 is 11.6 Å². The fourth-order valence-electron chi connectivity index (χ4n) is 2.00. The lowest BCUT2D eigenvalue weighted by Crippen LogP contribution is -2.35. The lowest BCUT2D eigenvalue weighted by molar-refractivity contribution is 0.489. The molecule has 0 aliphatic carbocycles. The molecule has 3 heteroatoms. The molecule has 0 saturated heterocycles. The minimum Gasteiger partial charge on any atom is -0.321 e. The van der Waals surface area contributed by atoms with Crippen LogP contribution in [-0.2, 0) is 12.0 Å². The fraction of sp³-hybridized carbons (Fsp3) is 0.200. The Bertz CT molecular complexity index is 537. The Morgan fingerprint density at radius 2 is 1.83 bits per heavy atom. The quantitative estimate of drug-likeness (QED) is 0.893. The highest BCUT2D eigenvalue weighted by Crippen LogP contribution is 2.27. The minimum atomic E-state index is -0.571. The molecule has 0 aliphatic heterocycles. The normalized spacial score (nSPS) is 14.2. The van der Waals surface area contributed by atoms with Crippen molar-refractivity contribution in [3.63, 3.8) is 0 Å². The van der Waals surface area contributed by atoms with Gasteiger partial charge in [0.05, 0.1) is 0 Å². The summed E-state index contributed by atoms with van der Waals surface area (Å²) in [5, 5.41) is 0.545. The van der Waals surface area contributed by atoms with E-state index in [0.29, 0.717) is 11.4 Å². The van der Waals surface area contributed by atoms with Crippen molar-refractivity contribution >= 4 is 11.6 Å². The smallest absolute Gasteiger partial charge is 0.123 e. The highest BCUT2D eigenvalue weighted by molar-refractivity contribution is 6.31. The fourth-order valence-corrected chi connectivity index (χ4v) is 2.18. The molecule has 0 heterocycles. The Hall–Kier alpha value is -1.38. The molecule has 0 bridgehead atoms. The van der Waals surface area contributed by atoms with Gasteiger partial charge in [0.2, 0.25) is 0 Å². The van der Waals surface area contributed by atoms with Gasteiger partial charge in [-0.1, -0.05) is 41.9 Å². The second-order valence-corrected chi connectivity index (χ2v) is 5.10. The molecule has 0 aromatic heterocycles. The molecule has 1 atom stereocenters. The molecule has 1 nitrogen and oxygen atoms in total. The summed E-state index contributed by atoms with van der Waals surface area (Å²) >= 11 is 6.07. The summed E-state index contributed by atoms with van der Waals surface area (Å²) in [5.74, 6) is -0.293. The van der Waals surface area contributed by atoms with E-state index < -0.39 is 5.54 Å². The van der Waals surface area contributed by atoms with Gasteiger partial charge in [-0.2, -0.15) is 0 Å². The van der Waals surface area contributed by atoms with Crippen molar-refractivity contribution in [2.75, 3.05) is 0 Å². The molecule has 0 amide bonds. The van der Waals surface area contributed by atoms with Crippen molar-refractivity contribution in [3.05, 3.63) is 70.5 Å². The molecule has 0 aliphatic rings. The van der Waals surface area contributed by atoms with Gasteiger partial charge in [-0.25, -0.2) is 4.39 Å². The Balaban J connectivity index is 2.30. The zero-order valence-electron chi connectivity index (χ0n) is 10.2. The second kappa shape index (κ2) is 5.09. The number of rotatable bonds is 3. The SMILES string of the molecule is CC(N)(Cc1cc(F)ccc1Cl)c1ccccc1. The van der Waals surface area contributed by atoms with Crippen LogP contribution in [0.5, 0.6) is 0 Å². The van der Waals surface area contributed by atoms with Gasteiger partial charge in [-0.3, -0.25) is 0 Å². The Kier molecular flexibility index (Phi) is 3.69. The number of benzene rings is 2. The third-order valence-electron chi connectivity index (χ3n) is 3.00. The third kappa shape index (κ3) is 2.89. The van der Waals surface area contributed by atoms with Gasteiger partial charge in [0, 0.05) is 10.6 Å². The first-order valence-corrected chi connectivity index (χ1v) is 6.15. The van der Waals surface area contributed by atoms with Crippen LogP contribution in [0.3, 0.4) is 0 Å². The van der Waals surface area contributed by atoms with Crippen molar-refractivity contribution < 1.29 is 4.39 Å². The van der Waals surface area contributed by atoms with Gasteiger partial charge in [0.1, 0.15) is 5.82 Å². The van der Waals surface area contributed by atoms with Crippen molar-refractivity contribution in [3.8, 4) is 0 Å². The first kappa shape index (κ1) is 13.1. The maximum absolute atomic E-state index is 13.2. The predicted molar refractivity (Wildman–Crippen MR) is 73.1 cm³/mol. The van der Waals surface area contributed by atoms with E-state index in [1.807, 2.05) is 37.3 Å². The number of hydrogen-bond acceptors (Lipinski definition) is 1. The monoisotopic (exact) mass is 263 g/mol. The van der Waals surface area contributed by atoms with E-state index >= 15 is 0 Å². The van der Waals surface area contributed by atoms with Crippen LogP contribution in [0.2, 0.25) is 5.02 Å². The van der Waals surface area contributed by atoms with Crippen LogP contribution in [0.25, 0.3) is 0 Å². The lowest BCUT2D eigenvalue weighted by atomic mass is 9.86. The van der Waals surface area contributed by atoms with Crippen LogP contribution < -0.4 is 5.73 Å². The molecule has 2 rings (SSSR count). The van der Waals surface area contributed by atoms with Crippen molar-refractivity contribution in [2.24, 2.45) is 5.73 Å². The van der Waals surface area contributed by atoms with Crippen LogP contribution in [0, 0.1) is 5.82 Å². The van der Waals surface area contributed by atoms with E-state index in [1.165, 1.54) is 12.1 Å². The Morgan fingerprint density at radius 1 is 1.17 bits per heavy atom. The Labute approximate surface area is 111 Å². The van der Waals surface area contributed by atoms with Gasteiger partial charge >= 0.3 is 0 Å². The molecule has 0 spiro atoms. The maximum atomic E-state index is 13.2. The van der Waals surface area contributed by atoms with Gasteiger partial charge in [-0.05, 0) is 42.7 Å². The molecule has 2 aromatic carbocycles. The zero-order chi connectivity index (χ0) is 13.2. The van der Waals surface area contributed by atoms with Gasteiger partial charge in [0.15, 0.2) is 0 Å². The standard InChI is InChI=1S/C15H15ClFN/c1-15(18,12-5-3-2-4-6-12)10-11-9-13(17)7-8-14(11)16/h2-9H,10,18H2,1H3. The van der Waals surface area contributed by atoms with Crippen LogP contribution in [-0.4, -0.2) is 0 Å². The summed E-state index contributed by atoms with van der Waals surface area (Å²) in [5.41, 5.74) is 7.47. The summed E-state index contributed by atoms with van der Waals surface area (Å²) in [6, 6.07) is 14.1. The molecule has 1 unspecified atom stereocenters. The van der Waals surface area contributed by atoms with Gasteiger partial charge < -0.3 is 5.73 Å². The summed E-state index contributed by atoms with van der Waals surface area (Å²) in [7, 11) is 0. The molecule has 0 radical (unpaired) electrons. The predicted octanol–water partition coefficient (Wildman–Crippen LogP) is 3.90. The Morgan fingerprint density at radius 3 is 2.50 bits per heavy atom. The van der Waals surface area contributed by atoms with Crippen molar-refractivity contribution in [1.82, 2.24) is 0 Å². The average molecular weight is 264 g/mol. The van der Waals surface area contributed by atoms with E-state index in [9.17, 15) is 4.39 Å². The van der Waals surface area contributed by atoms with Crippen molar-refractivity contribution in [2.45, 2.75) is 18.9 Å². The molecule has 18 heavy (non-hydrogen) atoms. The van der Waals surface area contributed by atoms with Crippen LogP contribution in [0.1, 0.15) is 18.1 Å². The van der Waals surface area contributed by atoms with E-state index in [4.69, 9.17) is 17.3 Å². The first-order chi connectivity index (χ1) is 8.49. The molecule has 2 aromatic rings. The van der Waals surface area contributed by atoms with E-state index in [0.717, 1.165) is 11.1 Å². The first-order valence-electron chi connectivity index (χ1n) is 5.77. The summed E-state index contributed by atoms with van der Waals surface area (Å²) in [6.45, 7) is 1.92. The largest absolute Gasteiger partial charge is 0.321 e. The summed E-state index contributed by atoms with van der Waals surface area (Å²) in [6.07, 6.45) is 0.494. The molecule has 0 fully saturated rings. The highest BCUT2D eigenvalue weighted by Gasteiger charge is 2.22. The molecular weight excluding hydrogens is 249 g/mol. The van der Waals surface area contributed by atoms with Gasteiger partial charge in [-0.15, -0.1) is 0 Å². The van der Waals surface area contributed by atoms with Crippen LogP contribution in [0.4, 0.5) is 4.39 Å². The van der Waals surface area contributed by atoms with Crippen molar-refractivity contribution in [1.29, 1.82) is 0 Å². The summed E-state index contributed by atoms with van der Waals surface area (Å²) in [4.78, 5) is 0. The molecule has 94 valence electrons. The van der Waals surface area contributed by atoms with E-state index in [2.05, 4.69) is 0 Å². The number of nitrogens with two attached hydrogens (primary N) is 1. The molecule has 0 saturated carbocycles. The highest BCUT2D eigenvalue weighted by atomic mass is 35.5. The van der Waals surface area contributed by atoms with Gasteiger partial charge in [0.25, 0.3) is 0 Å². The minimum absolute atomic E-state index is 0.293.